The van der Waals surface area contributed by atoms with Crippen LogP contribution < -0.4 is 0 Å². The van der Waals surface area contributed by atoms with Crippen LogP contribution in [0.25, 0.3) is 0 Å². The van der Waals surface area contributed by atoms with Crippen LogP contribution in [0.2, 0.25) is 0 Å². The Morgan fingerprint density at radius 3 is 2.38 bits per heavy atom. The maximum absolute atomic E-state index is 13.1. The molecule has 1 atom stereocenters. The molecule has 0 spiro atoms. The summed E-state index contributed by atoms with van der Waals surface area (Å²) in [4.78, 5) is 10.3. The summed E-state index contributed by atoms with van der Waals surface area (Å²) >= 11 is 0. The number of rotatable bonds is 5. The molecule has 1 aliphatic carbocycles. The van der Waals surface area contributed by atoms with Crippen molar-refractivity contribution in [2.75, 3.05) is 11.5 Å². The molecule has 0 aromatic heterocycles. The van der Waals surface area contributed by atoms with E-state index in [2.05, 4.69) is 0 Å². The molecule has 132 valence electrons. The summed E-state index contributed by atoms with van der Waals surface area (Å²) in [6, 6.07) is 3.14. The lowest BCUT2D eigenvalue weighted by atomic mass is 10.2. The third-order valence-corrected chi connectivity index (χ3v) is 8.38. The van der Waals surface area contributed by atoms with Crippen LogP contribution in [0.4, 0.5) is 5.69 Å². The fourth-order valence-electron chi connectivity index (χ4n) is 3.19. The van der Waals surface area contributed by atoms with E-state index in [4.69, 9.17) is 0 Å². The Hall–Kier alpha value is -1.52. The lowest BCUT2D eigenvalue weighted by Crippen LogP contribution is -2.42. The average molecular weight is 374 g/mol. The molecule has 1 saturated heterocycles. The standard InChI is InChI=1S/C14H18N2O6S2/c1-10-13(16(17)18)3-2-4-14(10)24(21,22)15(11-5-6-11)12-7-8-23(19,20)9-12/h2-4,11-12H,5-9H2,1H3/t12-/m1/s1. The number of sulfone groups is 1. The Kier molecular flexibility index (Phi) is 4.17. The Labute approximate surface area is 140 Å². The quantitative estimate of drug-likeness (QED) is 0.566. The zero-order valence-corrected chi connectivity index (χ0v) is 14.7. The van der Waals surface area contributed by atoms with Gasteiger partial charge in [-0.15, -0.1) is 0 Å². The zero-order valence-electron chi connectivity index (χ0n) is 13.1. The predicted molar refractivity (Wildman–Crippen MR) is 86.9 cm³/mol. The third kappa shape index (κ3) is 3.05. The Morgan fingerprint density at radius 1 is 1.21 bits per heavy atom. The van der Waals surface area contributed by atoms with Gasteiger partial charge in [-0.05, 0) is 32.3 Å². The highest BCUT2D eigenvalue weighted by molar-refractivity contribution is 7.92. The topological polar surface area (TPSA) is 115 Å². The van der Waals surface area contributed by atoms with Gasteiger partial charge in [0, 0.05) is 23.7 Å². The number of hydrogen-bond donors (Lipinski definition) is 0. The first-order valence-corrected chi connectivity index (χ1v) is 10.9. The van der Waals surface area contributed by atoms with Crippen LogP contribution in [0.3, 0.4) is 0 Å². The smallest absolute Gasteiger partial charge is 0.258 e. The van der Waals surface area contributed by atoms with Crippen LogP contribution in [0.1, 0.15) is 24.8 Å². The largest absolute Gasteiger partial charge is 0.273 e. The number of nitro benzene ring substituents is 1. The number of nitro groups is 1. The van der Waals surface area contributed by atoms with Crippen molar-refractivity contribution in [3.8, 4) is 0 Å². The molecular weight excluding hydrogens is 356 g/mol. The second-order valence-corrected chi connectivity index (χ2v) is 10.3. The van der Waals surface area contributed by atoms with Crippen LogP contribution >= 0.6 is 0 Å². The minimum Gasteiger partial charge on any atom is -0.258 e. The molecule has 0 bridgehead atoms. The van der Waals surface area contributed by atoms with E-state index in [9.17, 15) is 26.9 Å². The lowest BCUT2D eigenvalue weighted by molar-refractivity contribution is -0.385. The number of nitrogens with zero attached hydrogens (tertiary/aromatic N) is 2. The van der Waals surface area contributed by atoms with E-state index in [1.165, 1.54) is 29.4 Å². The first kappa shape index (κ1) is 17.3. The van der Waals surface area contributed by atoms with E-state index in [1.54, 1.807) is 0 Å². The normalized spacial score (nSPS) is 23.5. The summed E-state index contributed by atoms with van der Waals surface area (Å²) in [5, 5.41) is 11.1. The van der Waals surface area contributed by atoms with Gasteiger partial charge < -0.3 is 0 Å². The Balaban J connectivity index is 2.05. The molecule has 8 nitrogen and oxygen atoms in total. The van der Waals surface area contributed by atoms with E-state index < -0.39 is 30.8 Å². The van der Waals surface area contributed by atoms with E-state index in [0.717, 1.165) is 0 Å². The maximum atomic E-state index is 13.1. The highest BCUT2D eigenvalue weighted by atomic mass is 32.2. The van der Waals surface area contributed by atoms with Crippen LogP contribution in [0.15, 0.2) is 23.1 Å². The molecule has 2 fully saturated rings. The molecule has 0 unspecified atom stereocenters. The molecule has 3 rings (SSSR count). The summed E-state index contributed by atoms with van der Waals surface area (Å²) < 4.78 is 51.0. The van der Waals surface area contributed by atoms with Crippen molar-refractivity contribution in [2.45, 2.75) is 43.2 Å². The lowest BCUT2D eigenvalue weighted by Gasteiger charge is -2.27. The average Bonchev–Trinajstić information content (AvgIpc) is 3.22. The molecule has 1 saturated carbocycles. The minimum atomic E-state index is -3.99. The van der Waals surface area contributed by atoms with Crippen molar-refractivity contribution in [1.29, 1.82) is 0 Å². The SMILES string of the molecule is Cc1c([N+](=O)[O-])cccc1S(=O)(=O)N(C1CC1)[C@@H]1CCS(=O)(=O)C1. The second kappa shape index (κ2) is 5.78. The second-order valence-electron chi connectivity index (χ2n) is 6.28. The highest BCUT2D eigenvalue weighted by Crippen LogP contribution is 2.38. The van der Waals surface area contributed by atoms with E-state index in [0.29, 0.717) is 12.8 Å². The van der Waals surface area contributed by atoms with Gasteiger partial charge in [-0.1, -0.05) is 6.07 Å². The third-order valence-electron chi connectivity index (χ3n) is 4.48. The van der Waals surface area contributed by atoms with Gasteiger partial charge in [0.15, 0.2) is 9.84 Å². The highest BCUT2D eigenvalue weighted by Gasteiger charge is 2.46. The number of hydrogen-bond acceptors (Lipinski definition) is 6. The fraction of sp³-hybridized carbons (Fsp3) is 0.571. The Morgan fingerprint density at radius 2 is 1.88 bits per heavy atom. The predicted octanol–water partition coefficient (Wildman–Crippen LogP) is 1.24. The molecule has 10 heteroatoms. The van der Waals surface area contributed by atoms with Gasteiger partial charge in [-0.2, -0.15) is 4.31 Å². The van der Waals surface area contributed by atoms with Gasteiger partial charge in [0.25, 0.3) is 5.69 Å². The Bertz CT molecular complexity index is 890. The molecule has 2 aliphatic rings. The van der Waals surface area contributed by atoms with Gasteiger partial charge in [-0.25, -0.2) is 16.8 Å². The molecule has 0 amide bonds. The molecule has 24 heavy (non-hydrogen) atoms. The van der Waals surface area contributed by atoms with Crippen LogP contribution in [0, 0.1) is 17.0 Å². The van der Waals surface area contributed by atoms with Crippen molar-refractivity contribution in [3.05, 3.63) is 33.9 Å². The monoisotopic (exact) mass is 374 g/mol. The van der Waals surface area contributed by atoms with Crippen molar-refractivity contribution < 1.29 is 21.8 Å². The number of sulfonamides is 1. The van der Waals surface area contributed by atoms with Gasteiger partial charge in [0.1, 0.15) is 0 Å². The van der Waals surface area contributed by atoms with Crippen LogP contribution in [-0.2, 0) is 19.9 Å². The van der Waals surface area contributed by atoms with E-state index in [-0.39, 0.29) is 40.1 Å². The van der Waals surface area contributed by atoms with Crippen molar-refractivity contribution in [2.24, 2.45) is 0 Å². The van der Waals surface area contributed by atoms with Crippen LogP contribution in [0.5, 0.6) is 0 Å². The van der Waals surface area contributed by atoms with Crippen LogP contribution in [-0.4, -0.2) is 49.7 Å². The molecule has 1 heterocycles. The molecule has 0 N–H and O–H groups in total. The first-order valence-electron chi connectivity index (χ1n) is 7.61. The van der Waals surface area contributed by atoms with E-state index in [1.807, 2.05) is 0 Å². The summed E-state index contributed by atoms with van der Waals surface area (Å²) in [5.41, 5.74) is -0.181. The molecule has 1 aromatic rings. The molecule has 1 aliphatic heterocycles. The maximum Gasteiger partial charge on any atom is 0.273 e. The zero-order chi connectivity index (χ0) is 17.7. The van der Waals surface area contributed by atoms with Gasteiger partial charge in [0.2, 0.25) is 10.0 Å². The summed E-state index contributed by atoms with van der Waals surface area (Å²) in [5.74, 6) is -0.207. The van der Waals surface area contributed by atoms with Crippen molar-refractivity contribution >= 4 is 25.5 Å². The molecule has 1 aromatic carbocycles. The molecular formula is C14H18N2O6S2. The van der Waals surface area contributed by atoms with Crippen molar-refractivity contribution in [3.63, 3.8) is 0 Å². The summed E-state index contributed by atoms with van der Waals surface area (Å²) in [7, 11) is -7.23. The van der Waals surface area contributed by atoms with Gasteiger partial charge >= 0.3 is 0 Å². The first-order chi connectivity index (χ1) is 11.1. The van der Waals surface area contributed by atoms with E-state index >= 15 is 0 Å². The summed E-state index contributed by atoms with van der Waals surface area (Å²) in [6.45, 7) is 1.40. The number of benzene rings is 1. The fourth-order valence-corrected chi connectivity index (χ4v) is 7.14. The van der Waals surface area contributed by atoms with Gasteiger partial charge in [0.05, 0.1) is 21.3 Å². The minimum absolute atomic E-state index is 0.0235. The summed E-state index contributed by atoms with van der Waals surface area (Å²) in [6.07, 6.45) is 1.64. The molecule has 0 radical (unpaired) electrons. The van der Waals surface area contributed by atoms with Gasteiger partial charge in [-0.3, -0.25) is 10.1 Å². The van der Waals surface area contributed by atoms with Crippen molar-refractivity contribution in [1.82, 2.24) is 4.31 Å².